The maximum atomic E-state index is 12.0. The van der Waals surface area contributed by atoms with Crippen molar-refractivity contribution in [2.45, 2.75) is 6.04 Å². The fraction of sp³-hybridized carbons (Fsp3) is 0.133. The Hall–Kier alpha value is -1.52. The van der Waals surface area contributed by atoms with Crippen LogP contribution in [0.5, 0.6) is 0 Å². The highest BCUT2D eigenvalue weighted by atomic mass is 79.9. The third-order valence-corrected chi connectivity index (χ3v) is 3.54. The second-order valence-corrected chi connectivity index (χ2v) is 5.51. The third-order valence-electron chi connectivity index (χ3n) is 2.78. The lowest BCUT2D eigenvalue weighted by Crippen LogP contribution is -2.22. The first-order chi connectivity index (χ1) is 9.60. The van der Waals surface area contributed by atoms with Gasteiger partial charge in [-0.05, 0) is 35.9 Å². The smallest absolute Gasteiger partial charge is 0.332 e. The minimum atomic E-state index is -0.577. The molecule has 0 heterocycles. The van der Waals surface area contributed by atoms with Crippen molar-refractivity contribution in [2.24, 2.45) is 0 Å². The number of halogens is 2. The molecule has 0 saturated heterocycles. The number of anilines is 1. The van der Waals surface area contributed by atoms with Crippen LogP contribution in [0.2, 0.25) is 5.02 Å². The zero-order valence-electron chi connectivity index (χ0n) is 10.8. The summed E-state index contributed by atoms with van der Waals surface area (Å²) in [4.78, 5) is 12.0. The van der Waals surface area contributed by atoms with Crippen LogP contribution in [0.4, 0.5) is 5.69 Å². The van der Waals surface area contributed by atoms with E-state index in [2.05, 4.69) is 21.2 Å². The molecule has 0 fully saturated rings. The summed E-state index contributed by atoms with van der Waals surface area (Å²) in [6.07, 6.45) is 0. The Morgan fingerprint density at radius 3 is 2.55 bits per heavy atom. The van der Waals surface area contributed by atoms with E-state index < -0.39 is 6.04 Å². The number of hydrogen-bond acceptors (Lipinski definition) is 3. The molecule has 0 spiro atoms. The van der Waals surface area contributed by atoms with Crippen LogP contribution in [-0.4, -0.2) is 13.1 Å². The molecule has 0 aliphatic carbocycles. The largest absolute Gasteiger partial charge is 0.467 e. The van der Waals surface area contributed by atoms with Gasteiger partial charge in [0, 0.05) is 15.2 Å². The summed E-state index contributed by atoms with van der Waals surface area (Å²) in [6.45, 7) is 0. The number of carbonyl (C=O) groups excluding carboxylic acids is 1. The number of methoxy groups -OCH3 is 1. The Labute approximate surface area is 131 Å². The predicted octanol–water partition coefficient (Wildman–Crippen LogP) is 4.43. The molecule has 1 atom stereocenters. The van der Waals surface area contributed by atoms with E-state index in [0.717, 1.165) is 15.7 Å². The van der Waals surface area contributed by atoms with Crippen molar-refractivity contribution >= 4 is 39.2 Å². The number of hydrogen-bond donors (Lipinski definition) is 1. The van der Waals surface area contributed by atoms with Gasteiger partial charge < -0.3 is 10.1 Å². The zero-order chi connectivity index (χ0) is 14.5. The highest BCUT2D eigenvalue weighted by Crippen LogP contribution is 2.24. The number of carbonyl (C=O) groups is 1. The normalized spacial score (nSPS) is 11.8. The molecule has 2 aromatic carbocycles. The molecule has 5 heteroatoms. The minimum absolute atomic E-state index is 0.354. The number of benzene rings is 2. The molecule has 20 heavy (non-hydrogen) atoms. The second-order valence-electron chi connectivity index (χ2n) is 4.16. The van der Waals surface area contributed by atoms with Crippen molar-refractivity contribution in [3.05, 3.63) is 63.6 Å². The molecule has 1 unspecified atom stereocenters. The van der Waals surface area contributed by atoms with Gasteiger partial charge in [-0.25, -0.2) is 4.79 Å². The molecule has 0 aliphatic rings. The highest BCUT2D eigenvalue weighted by Gasteiger charge is 2.21. The first-order valence-corrected chi connectivity index (χ1v) is 7.12. The molecular formula is C15H13BrClNO2. The molecule has 0 amide bonds. The average Bonchev–Trinajstić information content (AvgIpc) is 2.45. The maximum absolute atomic E-state index is 12.0. The van der Waals surface area contributed by atoms with Crippen molar-refractivity contribution in [1.29, 1.82) is 0 Å². The SMILES string of the molecule is COC(=O)C(Nc1cccc(Cl)c1)c1ccc(Br)cc1. The molecule has 3 nitrogen and oxygen atoms in total. The first-order valence-electron chi connectivity index (χ1n) is 5.95. The molecule has 0 radical (unpaired) electrons. The van der Waals surface area contributed by atoms with Crippen LogP contribution in [0, 0.1) is 0 Å². The standard InChI is InChI=1S/C15H13BrClNO2/c1-20-15(19)14(10-5-7-11(16)8-6-10)18-13-4-2-3-12(17)9-13/h2-9,14,18H,1H3. The molecule has 0 aliphatic heterocycles. The van der Waals surface area contributed by atoms with Crippen LogP contribution in [0.1, 0.15) is 11.6 Å². The van der Waals surface area contributed by atoms with Crippen LogP contribution in [0.25, 0.3) is 0 Å². The summed E-state index contributed by atoms with van der Waals surface area (Å²) in [5, 5.41) is 3.74. The van der Waals surface area contributed by atoms with E-state index in [1.165, 1.54) is 7.11 Å². The topological polar surface area (TPSA) is 38.3 Å². The van der Waals surface area contributed by atoms with Crippen LogP contribution >= 0.6 is 27.5 Å². The lowest BCUT2D eigenvalue weighted by Gasteiger charge is -2.18. The summed E-state index contributed by atoms with van der Waals surface area (Å²) >= 11 is 9.32. The first kappa shape index (κ1) is 14.9. The number of rotatable bonds is 4. The fourth-order valence-electron chi connectivity index (χ4n) is 1.80. The van der Waals surface area contributed by atoms with E-state index in [1.54, 1.807) is 12.1 Å². The lowest BCUT2D eigenvalue weighted by molar-refractivity contribution is -0.141. The van der Waals surface area contributed by atoms with Gasteiger partial charge in [-0.3, -0.25) is 0 Å². The monoisotopic (exact) mass is 353 g/mol. The van der Waals surface area contributed by atoms with Gasteiger partial charge in [-0.15, -0.1) is 0 Å². The molecule has 0 bridgehead atoms. The Bertz CT molecular complexity index is 601. The van der Waals surface area contributed by atoms with Crippen molar-refractivity contribution in [1.82, 2.24) is 0 Å². The summed E-state index contributed by atoms with van der Waals surface area (Å²) < 4.78 is 5.80. The fourth-order valence-corrected chi connectivity index (χ4v) is 2.25. The molecule has 1 N–H and O–H groups in total. The average molecular weight is 355 g/mol. The van der Waals surface area contributed by atoms with Crippen LogP contribution in [0.3, 0.4) is 0 Å². The second kappa shape index (κ2) is 6.77. The van der Waals surface area contributed by atoms with Gasteiger partial charge in [-0.2, -0.15) is 0 Å². The summed E-state index contributed by atoms with van der Waals surface area (Å²) in [7, 11) is 1.37. The highest BCUT2D eigenvalue weighted by molar-refractivity contribution is 9.10. The molecule has 2 rings (SSSR count). The van der Waals surface area contributed by atoms with Crippen molar-refractivity contribution in [3.63, 3.8) is 0 Å². The zero-order valence-corrected chi connectivity index (χ0v) is 13.1. The van der Waals surface area contributed by atoms with Crippen LogP contribution in [-0.2, 0) is 9.53 Å². The Kier molecular flexibility index (Phi) is 5.04. The van der Waals surface area contributed by atoms with Gasteiger partial charge in [0.2, 0.25) is 0 Å². The van der Waals surface area contributed by atoms with E-state index in [9.17, 15) is 4.79 Å². The quantitative estimate of drug-likeness (QED) is 0.826. The van der Waals surface area contributed by atoms with E-state index >= 15 is 0 Å². The number of ether oxygens (including phenoxy) is 1. The van der Waals surface area contributed by atoms with E-state index in [4.69, 9.17) is 16.3 Å². The predicted molar refractivity (Wildman–Crippen MR) is 84.0 cm³/mol. The molecular weight excluding hydrogens is 342 g/mol. The van der Waals surface area contributed by atoms with Crippen molar-refractivity contribution in [2.75, 3.05) is 12.4 Å². The van der Waals surface area contributed by atoms with Gasteiger partial charge in [-0.1, -0.05) is 45.7 Å². The summed E-state index contributed by atoms with van der Waals surface area (Å²) in [5.74, 6) is -0.354. The molecule has 0 aromatic heterocycles. The van der Waals surface area contributed by atoms with E-state index in [-0.39, 0.29) is 5.97 Å². The van der Waals surface area contributed by atoms with Crippen molar-refractivity contribution < 1.29 is 9.53 Å². The Morgan fingerprint density at radius 1 is 1.25 bits per heavy atom. The van der Waals surface area contributed by atoms with E-state index in [1.807, 2.05) is 36.4 Å². The summed E-state index contributed by atoms with van der Waals surface area (Å²) in [6, 6.07) is 14.1. The number of nitrogens with one attached hydrogen (secondary N) is 1. The molecule has 0 saturated carbocycles. The number of esters is 1. The van der Waals surface area contributed by atoms with Gasteiger partial charge >= 0.3 is 5.97 Å². The summed E-state index contributed by atoms with van der Waals surface area (Å²) in [5.41, 5.74) is 1.58. The Morgan fingerprint density at radius 2 is 1.95 bits per heavy atom. The molecule has 104 valence electrons. The lowest BCUT2D eigenvalue weighted by atomic mass is 10.1. The van der Waals surface area contributed by atoms with Gasteiger partial charge in [0.15, 0.2) is 6.04 Å². The Balaban J connectivity index is 2.28. The third kappa shape index (κ3) is 3.74. The van der Waals surface area contributed by atoms with Crippen molar-refractivity contribution in [3.8, 4) is 0 Å². The maximum Gasteiger partial charge on any atom is 0.332 e. The van der Waals surface area contributed by atoms with Crippen LogP contribution < -0.4 is 5.32 Å². The van der Waals surface area contributed by atoms with Gasteiger partial charge in [0.05, 0.1) is 7.11 Å². The minimum Gasteiger partial charge on any atom is -0.467 e. The molecule has 2 aromatic rings. The van der Waals surface area contributed by atoms with Crippen LogP contribution in [0.15, 0.2) is 53.0 Å². The van der Waals surface area contributed by atoms with E-state index in [0.29, 0.717) is 5.02 Å². The van der Waals surface area contributed by atoms with Gasteiger partial charge in [0.1, 0.15) is 0 Å². The van der Waals surface area contributed by atoms with Gasteiger partial charge in [0.25, 0.3) is 0 Å².